The van der Waals surface area contributed by atoms with Crippen molar-refractivity contribution in [1.29, 1.82) is 0 Å². The molecule has 112 valence electrons. The van der Waals surface area contributed by atoms with Crippen LogP contribution in [0.15, 0.2) is 64.7 Å². The summed E-state index contributed by atoms with van der Waals surface area (Å²) in [6, 6.07) is 12.9. The Bertz CT molecular complexity index is 696. The summed E-state index contributed by atoms with van der Waals surface area (Å²) in [5, 5.41) is 5.63. The maximum absolute atomic E-state index is 12.5. The summed E-state index contributed by atoms with van der Waals surface area (Å²) in [6.45, 7) is 0.805. The molecule has 3 rings (SSSR count). The number of nitrogens with zero attached hydrogens (tertiary/aromatic N) is 2. The average molecular weight is 313 g/mol. The van der Waals surface area contributed by atoms with Crippen LogP contribution in [0.2, 0.25) is 0 Å². The number of rotatable bonds is 5. The van der Waals surface area contributed by atoms with E-state index in [1.807, 2.05) is 47.8 Å². The zero-order valence-corrected chi connectivity index (χ0v) is 12.6. The van der Waals surface area contributed by atoms with E-state index >= 15 is 0 Å². The second kappa shape index (κ2) is 6.91. The largest absolute Gasteiger partial charge is 0.467 e. The van der Waals surface area contributed by atoms with Crippen LogP contribution in [-0.4, -0.2) is 15.9 Å². The topological polar surface area (TPSA) is 58.4 Å². The zero-order chi connectivity index (χ0) is 15.2. The highest BCUT2D eigenvalue weighted by Crippen LogP contribution is 2.17. The Labute approximate surface area is 132 Å². The van der Waals surface area contributed by atoms with E-state index in [4.69, 9.17) is 4.42 Å². The third-order valence-corrected chi connectivity index (χ3v) is 3.83. The summed E-state index contributed by atoms with van der Waals surface area (Å²) < 4.78 is 5.35. The number of furan rings is 1. The lowest BCUT2D eigenvalue weighted by Crippen LogP contribution is -2.34. The molecular weight excluding hydrogens is 298 g/mol. The zero-order valence-electron chi connectivity index (χ0n) is 11.8. The summed E-state index contributed by atoms with van der Waals surface area (Å²) >= 11 is 1.49. The van der Waals surface area contributed by atoms with Crippen molar-refractivity contribution >= 4 is 22.4 Å². The minimum atomic E-state index is -0.176. The highest BCUT2D eigenvalue weighted by molar-refractivity contribution is 7.14. The minimum absolute atomic E-state index is 0.176. The van der Waals surface area contributed by atoms with Crippen LogP contribution in [0.25, 0.3) is 0 Å². The molecule has 0 fully saturated rings. The Morgan fingerprint density at radius 1 is 1.18 bits per heavy atom. The number of amides is 2. The first-order valence-electron chi connectivity index (χ1n) is 6.83. The van der Waals surface area contributed by atoms with Gasteiger partial charge in [-0.15, -0.1) is 11.3 Å². The van der Waals surface area contributed by atoms with Crippen LogP contribution in [0.4, 0.5) is 9.80 Å². The number of thiophene rings is 1. The van der Waals surface area contributed by atoms with Crippen molar-refractivity contribution in [1.82, 2.24) is 9.88 Å². The van der Waals surface area contributed by atoms with Gasteiger partial charge in [-0.1, -0.05) is 6.07 Å². The van der Waals surface area contributed by atoms with Gasteiger partial charge in [0.1, 0.15) is 5.76 Å². The smallest absolute Gasteiger partial charge is 0.323 e. The first-order valence-corrected chi connectivity index (χ1v) is 7.71. The van der Waals surface area contributed by atoms with Crippen LogP contribution < -0.4 is 5.32 Å². The van der Waals surface area contributed by atoms with Gasteiger partial charge in [-0.05, 0) is 41.8 Å². The number of nitrogens with one attached hydrogen (secondary N) is 1. The van der Waals surface area contributed by atoms with E-state index in [1.165, 1.54) is 11.3 Å². The Balaban J connectivity index is 1.74. The Morgan fingerprint density at radius 2 is 2.14 bits per heavy atom. The second-order valence-electron chi connectivity index (χ2n) is 4.66. The van der Waals surface area contributed by atoms with Crippen molar-refractivity contribution in [3.05, 3.63) is 71.8 Å². The molecule has 0 aliphatic carbocycles. The average Bonchev–Trinajstić information content (AvgIpc) is 3.21. The van der Waals surface area contributed by atoms with Gasteiger partial charge < -0.3 is 9.32 Å². The molecule has 0 saturated heterocycles. The first kappa shape index (κ1) is 14.3. The van der Waals surface area contributed by atoms with Gasteiger partial charge in [0.15, 0.2) is 0 Å². The highest BCUT2D eigenvalue weighted by Gasteiger charge is 2.17. The SMILES string of the molecule is O=C(Nc1cccs1)N(Cc1ccccn1)Cc1ccco1. The van der Waals surface area contributed by atoms with Crippen LogP contribution in [0.3, 0.4) is 0 Å². The maximum atomic E-state index is 12.5. The lowest BCUT2D eigenvalue weighted by molar-refractivity contribution is 0.200. The number of hydrogen-bond acceptors (Lipinski definition) is 4. The van der Waals surface area contributed by atoms with Gasteiger partial charge in [-0.2, -0.15) is 0 Å². The molecule has 3 aromatic heterocycles. The van der Waals surface area contributed by atoms with Crippen LogP contribution >= 0.6 is 11.3 Å². The molecule has 0 atom stereocenters. The molecule has 1 N–H and O–H groups in total. The fourth-order valence-electron chi connectivity index (χ4n) is 2.01. The highest BCUT2D eigenvalue weighted by atomic mass is 32.1. The minimum Gasteiger partial charge on any atom is -0.467 e. The van der Waals surface area contributed by atoms with Gasteiger partial charge in [0.2, 0.25) is 0 Å². The fraction of sp³-hybridized carbons (Fsp3) is 0.125. The van der Waals surface area contributed by atoms with E-state index in [9.17, 15) is 4.79 Å². The van der Waals surface area contributed by atoms with Gasteiger partial charge in [-0.25, -0.2) is 4.79 Å². The molecule has 6 heteroatoms. The summed E-state index contributed by atoms with van der Waals surface area (Å²) in [6.07, 6.45) is 3.32. The van der Waals surface area contributed by atoms with E-state index in [1.54, 1.807) is 17.4 Å². The summed E-state index contributed by atoms with van der Waals surface area (Å²) in [7, 11) is 0. The molecule has 22 heavy (non-hydrogen) atoms. The Kier molecular flexibility index (Phi) is 4.50. The van der Waals surface area contributed by atoms with E-state index in [0.717, 1.165) is 16.5 Å². The summed E-state index contributed by atoms with van der Waals surface area (Å²) in [5.41, 5.74) is 0.829. The van der Waals surface area contributed by atoms with Crippen LogP contribution in [0.1, 0.15) is 11.5 Å². The normalized spacial score (nSPS) is 10.4. The fourth-order valence-corrected chi connectivity index (χ4v) is 2.62. The molecule has 3 aromatic rings. The molecule has 0 unspecified atom stereocenters. The predicted molar refractivity (Wildman–Crippen MR) is 85.5 cm³/mol. The van der Waals surface area contributed by atoms with Crippen molar-refractivity contribution in [2.75, 3.05) is 5.32 Å². The number of carbonyl (C=O) groups excluding carboxylic acids is 1. The number of carbonyl (C=O) groups is 1. The molecule has 5 nitrogen and oxygen atoms in total. The van der Waals surface area contributed by atoms with Crippen molar-refractivity contribution in [3.63, 3.8) is 0 Å². The van der Waals surface area contributed by atoms with Crippen LogP contribution in [0, 0.1) is 0 Å². The van der Waals surface area contributed by atoms with Crippen LogP contribution in [0.5, 0.6) is 0 Å². The van der Waals surface area contributed by atoms with Gasteiger partial charge in [-0.3, -0.25) is 10.3 Å². The molecule has 2 amide bonds. The van der Waals surface area contributed by atoms with Crippen molar-refractivity contribution in [2.45, 2.75) is 13.1 Å². The van der Waals surface area contributed by atoms with E-state index in [0.29, 0.717) is 13.1 Å². The van der Waals surface area contributed by atoms with Crippen molar-refractivity contribution < 1.29 is 9.21 Å². The third kappa shape index (κ3) is 3.73. The third-order valence-electron chi connectivity index (χ3n) is 3.04. The van der Waals surface area contributed by atoms with E-state index in [2.05, 4.69) is 10.3 Å². The predicted octanol–water partition coefficient (Wildman–Crippen LogP) is 3.97. The molecular formula is C16H15N3O2S. The standard InChI is InChI=1S/C16H15N3O2S/c20-16(18-15-7-4-10-22-15)19(12-14-6-3-9-21-14)11-13-5-1-2-8-17-13/h1-10H,11-12H2,(H,18,20). The first-order chi connectivity index (χ1) is 10.8. The molecule has 0 aliphatic rings. The van der Waals surface area contributed by atoms with E-state index < -0.39 is 0 Å². The number of hydrogen-bond donors (Lipinski definition) is 1. The number of pyridine rings is 1. The molecule has 0 bridgehead atoms. The van der Waals surface area contributed by atoms with Crippen molar-refractivity contribution in [2.24, 2.45) is 0 Å². The van der Waals surface area contributed by atoms with Crippen LogP contribution in [-0.2, 0) is 13.1 Å². The Morgan fingerprint density at radius 3 is 2.82 bits per heavy atom. The maximum Gasteiger partial charge on any atom is 0.323 e. The van der Waals surface area contributed by atoms with Gasteiger partial charge in [0.25, 0.3) is 0 Å². The molecule has 0 aliphatic heterocycles. The molecule has 0 saturated carbocycles. The summed E-state index contributed by atoms with van der Waals surface area (Å²) in [4.78, 5) is 18.4. The van der Waals surface area contributed by atoms with Gasteiger partial charge >= 0.3 is 6.03 Å². The van der Waals surface area contributed by atoms with Gasteiger partial charge in [0.05, 0.1) is 30.0 Å². The quantitative estimate of drug-likeness (QED) is 0.775. The lowest BCUT2D eigenvalue weighted by atomic mass is 10.3. The molecule has 3 heterocycles. The Hall–Kier alpha value is -2.60. The number of aromatic nitrogens is 1. The van der Waals surface area contributed by atoms with Crippen molar-refractivity contribution in [3.8, 4) is 0 Å². The monoisotopic (exact) mass is 313 g/mol. The molecule has 0 radical (unpaired) electrons. The van der Waals surface area contributed by atoms with Gasteiger partial charge in [0, 0.05) is 6.20 Å². The molecule has 0 aromatic carbocycles. The number of urea groups is 1. The number of anilines is 1. The molecule has 0 spiro atoms. The second-order valence-corrected chi connectivity index (χ2v) is 5.61. The summed E-state index contributed by atoms with van der Waals surface area (Å²) in [5.74, 6) is 0.734. The van der Waals surface area contributed by atoms with E-state index in [-0.39, 0.29) is 6.03 Å². The lowest BCUT2D eigenvalue weighted by Gasteiger charge is -2.21.